The van der Waals surface area contributed by atoms with Crippen LogP contribution in [0.4, 0.5) is 0 Å². The summed E-state index contributed by atoms with van der Waals surface area (Å²) in [6.07, 6.45) is 0. The lowest BCUT2D eigenvalue weighted by Crippen LogP contribution is -2.06. The molecule has 0 aromatic heterocycles. The summed E-state index contributed by atoms with van der Waals surface area (Å²) in [6, 6.07) is 4.75. The molecule has 0 unspecified atom stereocenters. The van der Waals surface area contributed by atoms with Gasteiger partial charge in [0.15, 0.2) is 0 Å². The van der Waals surface area contributed by atoms with Crippen molar-refractivity contribution in [3.05, 3.63) is 30.9 Å². The third kappa shape index (κ3) is 2.60. The van der Waals surface area contributed by atoms with Crippen LogP contribution in [0.3, 0.4) is 0 Å². The zero-order valence-corrected chi connectivity index (χ0v) is 8.48. The van der Waals surface area contributed by atoms with Crippen molar-refractivity contribution in [3.63, 3.8) is 0 Å². The van der Waals surface area contributed by atoms with Gasteiger partial charge in [0.25, 0.3) is 0 Å². The maximum atomic E-state index is 11.4. The van der Waals surface area contributed by atoms with Gasteiger partial charge in [0.1, 0.15) is 24.2 Å². The minimum Gasteiger partial charge on any atom is -0.497 e. The van der Waals surface area contributed by atoms with Crippen LogP contribution in [0.1, 0.15) is 10.4 Å². The van der Waals surface area contributed by atoms with Crippen molar-refractivity contribution >= 4 is 5.97 Å². The number of methoxy groups -OCH3 is 2. The van der Waals surface area contributed by atoms with Gasteiger partial charge < -0.3 is 9.47 Å². The Morgan fingerprint density at radius 3 is 2.53 bits per heavy atom. The molecule has 0 fully saturated rings. The van der Waals surface area contributed by atoms with Gasteiger partial charge in [0.05, 0.1) is 14.2 Å². The van der Waals surface area contributed by atoms with Crippen LogP contribution in [-0.2, 0) is 9.78 Å². The lowest BCUT2D eigenvalue weighted by atomic mass is 10.2. The summed E-state index contributed by atoms with van der Waals surface area (Å²) in [7, 11) is 5.88. The molecule has 5 heteroatoms. The van der Waals surface area contributed by atoms with Crippen molar-refractivity contribution in [2.45, 2.75) is 0 Å². The van der Waals surface area contributed by atoms with E-state index in [-0.39, 0.29) is 5.56 Å². The summed E-state index contributed by atoms with van der Waals surface area (Å²) in [5, 5.41) is 0. The Morgan fingerprint density at radius 1 is 1.27 bits per heavy atom. The van der Waals surface area contributed by atoms with E-state index >= 15 is 0 Å². The molecule has 1 aromatic carbocycles. The summed E-state index contributed by atoms with van der Waals surface area (Å²) in [6.45, 7) is 0. The van der Waals surface area contributed by atoms with Gasteiger partial charge in [-0.2, -0.15) is 4.89 Å². The van der Waals surface area contributed by atoms with Gasteiger partial charge >= 0.3 is 5.97 Å². The molecule has 15 heavy (non-hydrogen) atoms. The molecule has 0 aliphatic rings. The number of ether oxygens (including phenoxy) is 2. The molecule has 0 atom stereocenters. The van der Waals surface area contributed by atoms with Crippen molar-refractivity contribution in [3.8, 4) is 11.5 Å². The zero-order chi connectivity index (χ0) is 11.3. The summed E-state index contributed by atoms with van der Waals surface area (Å²) < 4.78 is 9.94. The number of carbonyl (C=O) groups excluding carboxylic acids is 1. The number of carbonyl (C=O) groups is 1. The lowest BCUT2D eigenvalue weighted by molar-refractivity contribution is -0.195. The Labute approximate surface area is 87.4 Å². The van der Waals surface area contributed by atoms with Crippen molar-refractivity contribution < 1.29 is 24.0 Å². The van der Waals surface area contributed by atoms with Gasteiger partial charge in [0, 0.05) is 0 Å². The minimum absolute atomic E-state index is 0.209. The lowest BCUT2D eigenvalue weighted by Gasteiger charge is -2.08. The molecule has 5 nitrogen and oxygen atoms in total. The molecule has 0 spiro atoms. The van der Waals surface area contributed by atoms with Crippen LogP contribution < -0.4 is 9.47 Å². The van der Waals surface area contributed by atoms with Gasteiger partial charge in [-0.25, -0.2) is 4.79 Å². The summed E-state index contributed by atoms with van der Waals surface area (Å²) >= 11 is 0. The Bertz CT molecular complexity index is 348. The van der Waals surface area contributed by atoms with Gasteiger partial charge in [0.2, 0.25) is 0 Å². The molecule has 0 aliphatic carbocycles. The first kappa shape index (κ1) is 11.3. The van der Waals surface area contributed by atoms with Gasteiger partial charge in [-0.1, -0.05) is 0 Å². The molecule has 0 aliphatic heterocycles. The molecule has 0 N–H and O–H groups in total. The standard InChI is InChI=1S/C10H11O5/c1-12-7-4-5-9(13-2)8(6-7)10(11)15-14-3/h4-6H,3H2,1-2H3. The number of hydrogen-bond donors (Lipinski definition) is 0. The quantitative estimate of drug-likeness (QED) is 0.559. The normalized spacial score (nSPS) is 9.53. The first-order valence-electron chi connectivity index (χ1n) is 4.08. The van der Waals surface area contributed by atoms with E-state index in [1.807, 2.05) is 0 Å². The van der Waals surface area contributed by atoms with E-state index in [1.54, 1.807) is 12.1 Å². The van der Waals surface area contributed by atoms with Crippen LogP contribution in [0.15, 0.2) is 18.2 Å². The van der Waals surface area contributed by atoms with E-state index in [0.717, 1.165) is 0 Å². The fourth-order valence-corrected chi connectivity index (χ4v) is 1.07. The first-order chi connectivity index (χ1) is 7.22. The van der Waals surface area contributed by atoms with E-state index in [9.17, 15) is 4.79 Å². The predicted molar refractivity (Wildman–Crippen MR) is 51.4 cm³/mol. The van der Waals surface area contributed by atoms with E-state index < -0.39 is 5.97 Å². The van der Waals surface area contributed by atoms with E-state index in [0.29, 0.717) is 11.5 Å². The molecular weight excluding hydrogens is 200 g/mol. The highest BCUT2D eigenvalue weighted by molar-refractivity contribution is 5.92. The number of rotatable bonds is 4. The van der Waals surface area contributed by atoms with Crippen LogP contribution in [-0.4, -0.2) is 20.2 Å². The average Bonchev–Trinajstić information content (AvgIpc) is 2.28. The molecule has 1 rings (SSSR count). The Hall–Kier alpha value is -1.75. The SMILES string of the molecule is [CH2]OOC(=O)c1cc(OC)ccc1OC. The third-order valence-corrected chi connectivity index (χ3v) is 1.76. The van der Waals surface area contributed by atoms with Crippen molar-refractivity contribution in [2.24, 2.45) is 0 Å². The molecule has 0 amide bonds. The Kier molecular flexibility index (Phi) is 3.93. The number of hydrogen-bond acceptors (Lipinski definition) is 5. The van der Waals surface area contributed by atoms with Crippen molar-refractivity contribution in [1.82, 2.24) is 0 Å². The van der Waals surface area contributed by atoms with Gasteiger partial charge in [-0.05, 0) is 18.2 Å². The van der Waals surface area contributed by atoms with E-state index in [4.69, 9.17) is 9.47 Å². The highest BCUT2D eigenvalue weighted by atomic mass is 17.2. The fraction of sp³-hybridized carbons (Fsp3) is 0.200. The summed E-state index contributed by atoms with van der Waals surface area (Å²) in [5.41, 5.74) is 0.209. The second-order valence-corrected chi connectivity index (χ2v) is 2.55. The predicted octanol–water partition coefficient (Wildman–Crippen LogP) is 1.58. The zero-order valence-electron chi connectivity index (χ0n) is 8.48. The molecule has 0 saturated carbocycles. The number of benzene rings is 1. The average molecular weight is 211 g/mol. The molecular formula is C10H11O5. The molecule has 81 valence electrons. The Morgan fingerprint density at radius 2 is 2.00 bits per heavy atom. The molecule has 0 saturated heterocycles. The van der Waals surface area contributed by atoms with Gasteiger partial charge in [-0.3, -0.25) is 4.89 Å². The van der Waals surface area contributed by atoms with E-state index in [1.165, 1.54) is 20.3 Å². The van der Waals surface area contributed by atoms with Crippen LogP contribution in [0.5, 0.6) is 11.5 Å². The maximum Gasteiger partial charge on any atom is 0.376 e. The summed E-state index contributed by atoms with van der Waals surface area (Å²) in [5.74, 6) is 0.199. The van der Waals surface area contributed by atoms with Crippen molar-refractivity contribution in [1.29, 1.82) is 0 Å². The van der Waals surface area contributed by atoms with E-state index in [2.05, 4.69) is 16.9 Å². The summed E-state index contributed by atoms with van der Waals surface area (Å²) in [4.78, 5) is 19.7. The molecule has 0 heterocycles. The largest absolute Gasteiger partial charge is 0.497 e. The monoisotopic (exact) mass is 211 g/mol. The smallest absolute Gasteiger partial charge is 0.376 e. The highest BCUT2D eigenvalue weighted by Crippen LogP contribution is 2.24. The van der Waals surface area contributed by atoms with Gasteiger partial charge in [-0.15, -0.1) is 0 Å². The third-order valence-electron chi connectivity index (χ3n) is 1.76. The van der Waals surface area contributed by atoms with Crippen LogP contribution in [0.25, 0.3) is 0 Å². The second-order valence-electron chi connectivity index (χ2n) is 2.55. The molecule has 1 radical (unpaired) electrons. The van der Waals surface area contributed by atoms with Crippen LogP contribution >= 0.6 is 0 Å². The van der Waals surface area contributed by atoms with Crippen LogP contribution in [0, 0.1) is 7.11 Å². The van der Waals surface area contributed by atoms with Crippen molar-refractivity contribution in [2.75, 3.05) is 14.2 Å². The highest BCUT2D eigenvalue weighted by Gasteiger charge is 2.15. The first-order valence-corrected chi connectivity index (χ1v) is 4.08. The van der Waals surface area contributed by atoms with Crippen LogP contribution in [0.2, 0.25) is 0 Å². The minimum atomic E-state index is -0.694. The second kappa shape index (κ2) is 5.21. The maximum absolute atomic E-state index is 11.4. The molecule has 1 aromatic rings. The Balaban J connectivity index is 3.05. The topological polar surface area (TPSA) is 54.0 Å². The fourth-order valence-electron chi connectivity index (χ4n) is 1.07. The molecule has 0 bridgehead atoms.